The first-order valence-corrected chi connectivity index (χ1v) is 10.3. The van der Waals surface area contributed by atoms with E-state index in [-0.39, 0.29) is 24.5 Å². The van der Waals surface area contributed by atoms with Crippen molar-refractivity contribution in [3.63, 3.8) is 0 Å². The van der Waals surface area contributed by atoms with Crippen molar-refractivity contribution < 1.29 is 14.1 Å². The van der Waals surface area contributed by atoms with Gasteiger partial charge in [0.15, 0.2) is 5.78 Å². The summed E-state index contributed by atoms with van der Waals surface area (Å²) in [5.41, 5.74) is 1.83. The van der Waals surface area contributed by atoms with Crippen LogP contribution in [0.1, 0.15) is 34.7 Å². The summed E-state index contributed by atoms with van der Waals surface area (Å²) >= 11 is 7.08. The van der Waals surface area contributed by atoms with Gasteiger partial charge in [-0.25, -0.2) is 0 Å². The minimum Gasteiger partial charge on any atom is -0.361 e. The first kappa shape index (κ1) is 20.3. The topological polar surface area (TPSA) is 63.4 Å². The van der Waals surface area contributed by atoms with E-state index in [2.05, 4.69) is 5.16 Å². The van der Waals surface area contributed by atoms with Gasteiger partial charge in [0, 0.05) is 44.5 Å². The smallest absolute Gasteiger partial charge is 0.222 e. The summed E-state index contributed by atoms with van der Waals surface area (Å²) < 4.78 is 5.96. The molecule has 0 aliphatic carbocycles. The van der Waals surface area contributed by atoms with Gasteiger partial charge in [-0.1, -0.05) is 47.1 Å². The Kier molecular flexibility index (Phi) is 7.01. The van der Waals surface area contributed by atoms with Gasteiger partial charge in [0.25, 0.3) is 0 Å². The van der Waals surface area contributed by atoms with Crippen molar-refractivity contribution in [2.45, 2.75) is 25.7 Å². The number of Topliss-reactive ketones (excluding diaryl/α,β-unsaturated/α-hetero) is 1. The summed E-state index contributed by atoms with van der Waals surface area (Å²) in [5.74, 6) is 0.705. The van der Waals surface area contributed by atoms with Gasteiger partial charge in [0.05, 0.1) is 9.21 Å². The Balaban J connectivity index is 1.40. The Morgan fingerprint density at radius 1 is 1.14 bits per heavy atom. The first-order valence-electron chi connectivity index (χ1n) is 9.06. The largest absolute Gasteiger partial charge is 0.361 e. The SMILES string of the molecule is CN(CCCc1cc(-c2ccccc2)no1)C(=O)CCC(=O)c1ccc(Cl)s1. The van der Waals surface area contributed by atoms with E-state index in [0.717, 1.165) is 23.4 Å². The highest BCUT2D eigenvalue weighted by Crippen LogP contribution is 2.23. The molecule has 28 heavy (non-hydrogen) atoms. The minimum atomic E-state index is -0.0475. The standard InChI is InChI=1S/C21H21ClN2O3S/c1-24(21(26)12-9-18(25)19-10-11-20(22)28-19)13-5-8-16-14-17(23-27-16)15-6-3-2-4-7-15/h2-4,6-7,10-11,14H,5,8-9,12-13H2,1H3. The fraction of sp³-hybridized carbons (Fsp3) is 0.286. The number of thiophene rings is 1. The Labute approximate surface area is 172 Å². The van der Waals surface area contributed by atoms with E-state index in [1.165, 1.54) is 11.3 Å². The minimum absolute atomic E-state index is 0.0430. The molecule has 5 nitrogen and oxygen atoms in total. The molecule has 0 atom stereocenters. The molecular formula is C21H21ClN2O3S. The second kappa shape index (κ2) is 9.66. The van der Waals surface area contributed by atoms with Crippen LogP contribution in [0.2, 0.25) is 4.34 Å². The summed E-state index contributed by atoms with van der Waals surface area (Å²) in [4.78, 5) is 26.5. The van der Waals surface area contributed by atoms with Crippen LogP contribution >= 0.6 is 22.9 Å². The van der Waals surface area contributed by atoms with Crippen LogP contribution in [0, 0.1) is 0 Å². The van der Waals surface area contributed by atoms with Gasteiger partial charge >= 0.3 is 0 Å². The van der Waals surface area contributed by atoms with Crippen molar-refractivity contribution in [2.75, 3.05) is 13.6 Å². The van der Waals surface area contributed by atoms with Crippen LogP contribution in [0.25, 0.3) is 11.3 Å². The number of halogens is 1. The highest BCUT2D eigenvalue weighted by Gasteiger charge is 2.14. The van der Waals surface area contributed by atoms with Crippen LogP contribution in [-0.4, -0.2) is 35.3 Å². The predicted octanol–water partition coefficient (Wildman–Crippen LogP) is 5.11. The number of carbonyl (C=O) groups excluding carboxylic acids is 2. The van der Waals surface area contributed by atoms with Gasteiger partial charge in [-0.05, 0) is 18.6 Å². The number of rotatable bonds is 9. The van der Waals surface area contributed by atoms with Crippen molar-refractivity contribution in [1.82, 2.24) is 10.1 Å². The molecule has 7 heteroatoms. The number of nitrogens with zero attached hydrogens (tertiary/aromatic N) is 2. The predicted molar refractivity (Wildman–Crippen MR) is 111 cm³/mol. The van der Waals surface area contributed by atoms with E-state index in [9.17, 15) is 9.59 Å². The van der Waals surface area contributed by atoms with E-state index in [4.69, 9.17) is 16.1 Å². The molecule has 2 heterocycles. The zero-order valence-electron chi connectivity index (χ0n) is 15.6. The summed E-state index contributed by atoms with van der Waals surface area (Å²) in [6.07, 6.45) is 1.86. The van der Waals surface area contributed by atoms with E-state index in [1.54, 1.807) is 24.1 Å². The molecule has 0 spiro atoms. The molecule has 1 aromatic carbocycles. The maximum absolute atomic E-state index is 12.2. The molecule has 0 fully saturated rings. The van der Waals surface area contributed by atoms with Gasteiger partial charge in [0.2, 0.25) is 5.91 Å². The Morgan fingerprint density at radius 3 is 2.64 bits per heavy atom. The molecule has 3 aromatic rings. The maximum Gasteiger partial charge on any atom is 0.222 e. The van der Waals surface area contributed by atoms with Crippen molar-refractivity contribution in [2.24, 2.45) is 0 Å². The fourth-order valence-corrected chi connectivity index (χ4v) is 3.80. The summed E-state index contributed by atoms with van der Waals surface area (Å²) in [5, 5.41) is 4.10. The number of carbonyl (C=O) groups is 2. The highest BCUT2D eigenvalue weighted by molar-refractivity contribution is 7.18. The van der Waals surface area contributed by atoms with E-state index in [1.807, 2.05) is 36.4 Å². The van der Waals surface area contributed by atoms with Crippen LogP contribution in [0.5, 0.6) is 0 Å². The lowest BCUT2D eigenvalue weighted by Crippen LogP contribution is -2.28. The third-order valence-corrected chi connectivity index (χ3v) is 5.66. The summed E-state index contributed by atoms with van der Waals surface area (Å²) in [6, 6.07) is 15.2. The van der Waals surface area contributed by atoms with Gasteiger partial charge in [-0.3, -0.25) is 9.59 Å². The Bertz CT molecular complexity index is 936. The van der Waals surface area contributed by atoms with Crippen LogP contribution in [0.3, 0.4) is 0 Å². The van der Waals surface area contributed by atoms with E-state index >= 15 is 0 Å². The highest BCUT2D eigenvalue weighted by atomic mass is 35.5. The number of hydrogen-bond acceptors (Lipinski definition) is 5. The first-order chi connectivity index (χ1) is 13.5. The van der Waals surface area contributed by atoms with E-state index < -0.39 is 0 Å². The molecule has 0 aliphatic rings. The normalized spacial score (nSPS) is 10.8. The quantitative estimate of drug-likeness (QED) is 0.454. The second-order valence-electron chi connectivity index (χ2n) is 6.49. The monoisotopic (exact) mass is 416 g/mol. The average Bonchev–Trinajstić information content (AvgIpc) is 3.35. The zero-order chi connectivity index (χ0) is 19.9. The third kappa shape index (κ3) is 5.53. The lowest BCUT2D eigenvalue weighted by molar-refractivity contribution is -0.129. The molecule has 2 aromatic heterocycles. The van der Waals surface area contributed by atoms with Crippen LogP contribution < -0.4 is 0 Å². The molecule has 0 unspecified atom stereocenters. The molecule has 1 amide bonds. The number of amides is 1. The number of aryl methyl sites for hydroxylation is 1. The maximum atomic E-state index is 12.2. The van der Waals surface area contributed by atoms with Crippen LogP contribution in [0.15, 0.2) is 53.1 Å². The molecule has 3 rings (SSSR count). The van der Waals surface area contributed by atoms with Crippen molar-refractivity contribution >= 4 is 34.6 Å². The van der Waals surface area contributed by atoms with Crippen LogP contribution in [-0.2, 0) is 11.2 Å². The molecule has 0 N–H and O–H groups in total. The fourth-order valence-electron chi connectivity index (χ4n) is 2.79. The summed E-state index contributed by atoms with van der Waals surface area (Å²) in [7, 11) is 1.75. The molecule has 0 saturated heterocycles. The average molecular weight is 417 g/mol. The van der Waals surface area contributed by atoms with E-state index in [0.29, 0.717) is 22.2 Å². The van der Waals surface area contributed by atoms with Crippen molar-refractivity contribution in [3.8, 4) is 11.3 Å². The summed E-state index contributed by atoms with van der Waals surface area (Å²) in [6.45, 7) is 0.596. The molecular weight excluding hydrogens is 396 g/mol. The Morgan fingerprint density at radius 2 is 1.93 bits per heavy atom. The van der Waals surface area contributed by atoms with Crippen LogP contribution in [0.4, 0.5) is 0 Å². The number of ketones is 1. The Hall–Kier alpha value is -2.44. The van der Waals surface area contributed by atoms with Gasteiger partial charge in [-0.2, -0.15) is 0 Å². The van der Waals surface area contributed by atoms with Crippen molar-refractivity contribution in [1.29, 1.82) is 0 Å². The third-order valence-electron chi connectivity index (χ3n) is 4.38. The lowest BCUT2D eigenvalue weighted by Gasteiger charge is -2.16. The zero-order valence-corrected chi connectivity index (χ0v) is 17.1. The van der Waals surface area contributed by atoms with Gasteiger partial charge in [0.1, 0.15) is 11.5 Å². The number of hydrogen-bond donors (Lipinski definition) is 0. The number of benzene rings is 1. The lowest BCUT2D eigenvalue weighted by atomic mass is 10.1. The molecule has 0 aliphatic heterocycles. The molecule has 0 bridgehead atoms. The molecule has 0 saturated carbocycles. The molecule has 146 valence electrons. The number of aromatic nitrogens is 1. The van der Waals surface area contributed by atoms with Gasteiger partial charge in [-0.15, -0.1) is 11.3 Å². The van der Waals surface area contributed by atoms with Crippen molar-refractivity contribution in [3.05, 3.63) is 63.5 Å². The molecule has 0 radical (unpaired) electrons. The van der Waals surface area contributed by atoms with Gasteiger partial charge < -0.3 is 9.42 Å². The second-order valence-corrected chi connectivity index (χ2v) is 8.21.